The van der Waals surface area contributed by atoms with Gasteiger partial charge in [-0.05, 0) is 24.3 Å². The molecular weight excluding hydrogens is 294 g/mol. The van der Waals surface area contributed by atoms with Gasteiger partial charge in [0.05, 0.1) is 11.4 Å². The van der Waals surface area contributed by atoms with Crippen molar-refractivity contribution in [3.8, 4) is 0 Å². The number of halogens is 1. The highest BCUT2D eigenvalue weighted by Crippen LogP contribution is 2.47. The van der Waals surface area contributed by atoms with E-state index in [0.717, 1.165) is 11.9 Å². The number of fused-ring (bicyclic) bond motifs is 2. The summed E-state index contributed by atoms with van der Waals surface area (Å²) < 4.78 is 0. The van der Waals surface area contributed by atoms with Crippen LogP contribution in [0.25, 0.3) is 0 Å². The molecule has 1 aliphatic rings. The van der Waals surface area contributed by atoms with E-state index in [1.165, 1.54) is 21.2 Å². The minimum Gasteiger partial charge on any atom is -0.339 e. The summed E-state index contributed by atoms with van der Waals surface area (Å²) in [6.45, 7) is 0.995. The van der Waals surface area contributed by atoms with Crippen LogP contribution in [0.3, 0.4) is 0 Å². The Morgan fingerprint density at radius 2 is 1.41 bits per heavy atom. The van der Waals surface area contributed by atoms with Crippen molar-refractivity contribution in [3.05, 3.63) is 48.5 Å². The van der Waals surface area contributed by atoms with Crippen molar-refractivity contribution < 1.29 is 0 Å². The minimum absolute atomic E-state index is 0.973. The van der Waals surface area contributed by atoms with E-state index in [9.17, 15) is 0 Å². The molecule has 1 heterocycles. The van der Waals surface area contributed by atoms with Gasteiger partial charge in [0.1, 0.15) is 0 Å². The molecule has 0 fully saturated rings. The van der Waals surface area contributed by atoms with E-state index >= 15 is 0 Å². The summed E-state index contributed by atoms with van der Waals surface area (Å²) in [6.07, 6.45) is 0. The van der Waals surface area contributed by atoms with Gasteiger partial charge in [-0.2, -0.15) is 0 Å². The molecule has 0 N–H and O–H groups in total. The summed E-state index contributed by atoms with van der Waals surface area (Å²) in [5.74, 6) is 0. The third kappa shape index (κ3) is 1.98. The number of benzene rings is 2. The van der Waals surface area contributed by atoms with Crippen LogP contribution in [0.4, 0.5) is 11.4 Å². The maximum absolute atomic E-state index is 3.54. The average molecular weight is 306 g/mol. The molecule has 0 aromatic heterocycles. The molecule has 0 atom stereocenters. The topological polar surface area (TPSA) is 3.24 Å². The molecule has 3 rings (SSSR count). The fraction of sp³-hybridized carbons (Fsp3) is 0.143. The van der Waals surface area contributed by atoms with E-state index in [1.54, 1.807) is 0 Å². The zero-order chi connectivity index (χ0) is 11.7. The van der Waals surface area contributed by atoms with Crippen molar-refractivity contribution in [2.45, 2.75) is 9.79 Å². The number of anilines is 2. The molecular formula is C14H12BrNS. The molecule has 0 spiro atoms. The van der Waals surface area contributed by atoms with Gasteiger partial charge in [-0.15, -0.1) is 0 Å². The molecule has 1 nitrogen and oxygen atoms in total. The number of hydrogen-bond acceptors (Lipinski definition) is 2. The summed E-state index contributed by atoms with van der Waals surface area (Å²) >= 11 is 5.40. The van der Waals surface area contributed by atoms with Gasteiger partial charge in [-0.1, -0.05) is 52.0 Å². The van der Waals surface area contributed by atoms with E-state index in [-0.39, 0.29) is 0 Å². The number of alkyl halides is 1. The summed E-state index contributed by atoms with van der Waals surface area (Å²) in [7, 11) is 0. The van der Waals surface area contributed by atoms with Gasteiger partial charge >= 0.3 is 0 Å². The summed E-state index contributed by atoms with van der Waals surface area (Å²) in [5.41, 5.74) is 2.63. The van der Waals surface area contributed by atoms with Crippen LogP contribution >= 0.6 is 27.7 Å². The molecule has 17 heavy (non-hydrogen) atoms. The molecule has 86 valence electrons. The van der Waals surface area contributed by atoms with E-state index in [2.05, 4.69) is 69.4 Å². The van der Waals surface area contributed by atoms with Crippen molar-refractivity contribution in [2.24, 2.45) is 0 Å². The van der Waals surface area contributed by atoms with E-state index in [0.29, 0.717) is 0 Å². The Hall–Kier alpha value is -0.930. The predicted molar refractivity (Wildman–Crippen MR) is 77.8 cm³/mol. The molecule has 0 unspecified atom stereocenters. The van der Waals surface area contributed by atoms with Crippen LogP contribution in [0, 0.1) is 0 Å². The molecule has 1 aliphatic heterocycles. The lowest BCUT2D eigenvalue weighted by Crippen LogP contribution is -2.22. The Morgan fingerprint density at radius 3 is 1.94 bits per heavy atom. The van der Waals surface area contributed by atoms with Gasteiger partial charge in [0, 0.05) is 21.7 Å². The zero-order valence-corrected chi connectivity index (χ0v) is 11.7. The molecule has 0 saturated heterocycles. The van der Waals surface area contributed by atoms with E-state index in [1.807, 2.05) is 11.8 Å². The van der Waals surface area contributed by atoms with Gasteiger partial charge in [0.2, 0.25) is 0 Å². The van der Waals surface area contributed by atoms with Crippen LogP contribution in [0.1, 0.15) is 0 Å². The fourth-order valence-electron chi connectivity index (χ4n) is 2.11. The van der Waals surface area contributed by atoms with Gasteiger partial charge < -0.3 is 4.90 Å². The number of nitrogens with zero attached hydrogens (tertiary/aromatic N) is 1. The van der Waals surface area contributed by atoms with Crippen LogP contribution in [-0.4, -0.2) is 11.9 Å². The normalized spacial score (nSPS) is 13.1. The maximum atomic E-state index is 3.54. The van der Waals surface area contributed by atoms with Gasteiger partial charge in [-0.3, -0.25) is 0 Å². The third-order valence-electron chi connectivity index (χ3n) is 2.84. The molecule has 0 amide bonds. The maximum Gasteiger partial charge on any atom is 0.0553 e. The molecule has 0 bridgehead atoms. The van der Waals surface area contributed by atoms with Crippen LogP contribution in [-0.2, 0) is 0 Å². The first-order valence-electron chi connectivity index (χ1n) is 5.59. The lowest BCUT2D eigenvalue weighted by molar-refractivity contribution is 0.992. The summed E-state index contributed by atoms with van der Waals surface area (Å²) in [4.78, 5) is 5.06. The second kappa shape index (κ2) is 4.75. The Bertz CT molecular complexity index is 496. The predicted octanol–water partition coefficient (Wildman–Crippen LogP) is 4.68. The van der Waals surface area contributed by atoms with Crippen LogP contribution in [0.2, 0.25) is 0 Å². The number of hydrogen-bond donors (Lipinski definition) is 0. The van der Waals surface area contributed by atoms with Crippen LogP contribution < -0.4 is 4.90 Å². The highest BCUT2D eigenvalue weighted by atomic mass is 79.9. The Balaban J connectivity index is 2.13. The first-order valence-corrected chi connectivity index (χ1v) is 7.53. The van der Waals surface area contributed by atoms with E-state index < -0.39 is 0 Å². The Kier molecular flexibility index (Phi) is 3.12. The second-order valence-electron chi connectivity index (χ2n) is 3.88. The number of rotatable bonds is 2. The van der Waals surface area contributed by atoms with Crippen LogP contribution in [0.5, 0.6) is 0 Å². The standard InChI is InChI=1S/C14H12BrNS/c15-9-10-16-11-5-1-3-7-13(11)17-14-8-4-2-6-12(14)16/h1-8H,9-10H2. The highest BCUT2D eigenvalue weighted by Gasteiger charge is 2.21. The van der Waals surface area contributed by atoms with Crippen molar-refractivity contribution in [1.29, 1.82) is 0 Å². The monoisotopic (exact) mass is 305 g/mol. The van der Waals surface area contributed by atoms with E-state index in [4.69, 9.17) is 0 Å². The Morgan fingerprint density at radius 1 is 0.882 bits per heavy atom. The minimum atomic E-state index is 0.973. The Labute approximate surface area is 114 Å². The molecule has 3 heteroatoms. The SMILES string of the molecule is BrCCN1c2ccccc2Sc2ccccc21. The first-order chi connectivity index (χ1) is 8.40. The second-order valence-corrected chi connectivity index (χ2v) is 5.75. The summed E-state index contributed by atoms with van der Waals surface area (Å²) in [5, 5.41) is 0.973. The summed E-state index contributed by atoms with van der Waals surface area (Å²) in [6, 6.07) is 17.2. The first kappa shape index (κ1) is 11.2. The lowest BCUT2D eigenvalue weighted by Gasteiger charge is -2.32. The van der Waals surface area contributed by atoms with Gasteiger partial charge in [0.15, 0.2) is 0 Å². The quantitative estimate of drug-likeness (QED) is 0.741. The molecule has 0 aliphatic carbocycles. The smallest absolute Gasteiger partial charge is 0.0553 e. The molecule has 0 saturated carbocycles. The molecule has 2 aromatic rings. The fourth-order valence-corrected chi connectivity index (χ4v) is 3.56. The highest BCUT2D eigenvalue weighted by molar-refractivity contribution is 9.09. The number of para-hydroxylation sites is 2. The van der Waals surface area contributed by atoms with Crippen molar-refractivity contribution >= 4 is 39.1 Å². The molecule has 0 radical (unpaired) electrons. The zero-order valence-electron chi connectivity index (χ0n) is 9.27. The third-order valence-corrected chi connectivity index (χ3v) is 4.33. The van der Waals surface area contributed by atoms with Crippen LogP contribution in [0.15, 0.2) is 58.3 Å². The molecule has 2 aromatic carbocycles. The van der Waals surface area contributed by atoms with Gasteiger partial charge in [0.25, 0.3) is 0 Å². The average Bonchev–Trinajstić information content (AvgIpc) is 2.39. The lowest BCUT2D eigenvalue weighted by atomic mass is 10.2. The van der Waals surface area contributed by atoms with Gasteiger partial charge in [-0.25, -0.2) is 0 Å². The van der Waals surface area contributed by atoms with Crippen molar-refractivity contribution in [1.82, 2.24) is 0 Å². The van der Waals surface area contributed by atoms with Crippen molar-refractivity contribution in [3.63, 3.8) is 0 Å². The van der Waals surface area contributed by atoms with Crippen molar-refractivity contribution in [2.75, 3.05) is 16.8 Å². The largest absolute Gasteiger partial charge is 0.339 e.